The molecule has 2 aromatic carbocycles. The van der Waals surface area contributed by atoms with E-state index in [1.54, 1.807) is 16.7 Å². The molecule has 0 spiro atoms. The number of ether oxygens (including phenoxy) is 2. The smallest absolute Gasteiger partial charge is 0.283 e. The Labute approximate surface area is 193 Å². The first kappa shape index (κ1) is 22.4. The Balaban J connectivity index is 1.56. The maximum Gasteiger partial charge on any atom is 0.283 e. The summed E-state index contributed by atoms with van der Waals surface area (Å²) in [5.41, 5.74) is 3.39. The zero-order valence-corrected chi connectivity index (χ0v) is 19.4. The van der Waals surface area contributed by atoms with Gasteiger partial charge in [0.15, 0.2) is 5.17 Å². The van der Waals surface area contributed by atoms with Crippen molar-refractivity contribution in [3.05, 3.63) is 59.8 Å². The Morgan fingerprint density at radius 1 is 1.03 bits per heavy atom. The van der Waals surface area contributed by atoms with Gasteiger partial charge in [0.2, 0.25) is 0 Å². The highest BCUT2D eigenvalue weighted by molar-refractivity contribution is 8.14. The fourth-order valence-electron chi connectivity index (χ4n) is 3.63. The number of carbonyl (C=O) groups is 1. The predicted molar refractivity (Wildman–Crippen MR) is 133 cm³/mol. The number of morpholine rings is 1. The van der Waals surface area contributed by atoms with E-state index >= 15 is 0 Å². The van der Waals surface area contributed by atoms with Gasteiger partial charge in [0, 0.05) is 24.5 Å². The van der Waals surface area contributed by atoms with E-state index < -0.39 is 0 Å². The molecular weight excluding hydrogens is 422 g/mol. The number of carbonyl (C=O) groups excluding carboxylic acids is 1. The summed E-state index contributed by atoms with van der Waals surface area (Å²) in [6, 6.07) is 15.9. The maximum absolute atomic E-state index is 13.3. The van der Waals surface area contributed by atoms with Crippen molar-refractivity contribution >= 4 is 40.3 Å². The molecule has 6 nitrogen and oxygen atoms in total. The molecule has 1 saturated heterocycles. The van der Waals surface area contributed by atoms with Crippen molar-refractivity contribution in [2.24, 2.45) is 4.99 Å². The first-order chi connectivity index (χ1) is 15.7. The Morgan fingerprint density at radius 2 is 1.72 bits per heavy atom. The van der Waals surface area contributed by atoms with E-state index in [4.69, 9.17) is 9.47 Å². The fourth-order valence-corrected chi connectivity index (χ4v) is 4.50. The summed E-state index contributed by atoms with van der Waals surface area (Å²) in [6.45, 7) is 8.00. The third-order valence-electron chi connectivity index (χ3n) is 5.24. The van der Waals surface area contributed by atoms with Crippen molar-refractivity contribution in [1.29, 1.82) is 0 Å². The van der Waals surface area contributed by atoms with E-state index in [9.17, 15) is 4.79 Å². The third kappa shape index (κ3) is 5.16. The number of anilines is 2. The van der Waals surface area contributed by atoms with E-state index in [1.165, 1.54) is 5.69 Å². The molecule has 0 aromatic heterocycles. The molecule has 2 aromatic rings. The fraction of sp³-hybridized carbons (Fsp3) is 0.360. The van der Waals surface area contributed by atoms with Crippen LogP contribution in [-0.2, 0) is 9.53 Å². The number of benzene rings is 2. The van der Waals surface area contributed by atoms with Gasteiger partial charge in [0.1, 0.15) is 11.4 Å². The summed E-state index contributed by atoms with van der Waals surface area (Å²) in [5, 5.41) is 0.720. The highest BCUT2D eigenvalue weighted by Crippen LogP contribution is 2.31. The van der Waals surface area contributed by atoms with Gasteiger partial charge in [-0.3, -0.25) is 9.69 Å². The first-order valence-corrected chi connectivity index (χ1v) is 12.1. The second kappa shape index (κ2) is 10.7. The quantitative estimate of drug-likeness (QED) is 0.566. The molecule has 7 heteroatoms. The van der Waals surface area contributed by atoms with Crippen LogP contribution in [0.25, 0.3) is 6.08 Å². The number of nitrogens with zero attached hydrogens (tertiary/aromatic N) is 3. The molecule has 2 aliphatic heterocycles. The molecule has 0 saturated carbocycles. The van der Waals surface area contributed by atoms with Crippen LogP contribution in [0.5, 0.6) is 5.75 Å². The van der Waals surface area contributed by atoms with Gasteiger partial charge in [-0.15, -0.1) is 0 Å². The van der Waals surface area contributed by atoms with Crippen LogP contribution >= 0.6 is 11.8 Å². The van der Waals surface area contributed by atoms with E-state index in [0.29, 0.717) is 12.3 Å². The molecule has 2 heterocycles. The van der Waals surface area contributed by atoms with Crippen LogP contribution in [-0.4, -0.2) is 49.7 Å². The van der Waals surface area contributed by atoms with Gasteiger partial charge in [-0.25, -0.2) is 4.99 Å². The molecular formula is C25H29N3O3S. The Morgan fingerprint density at radius 3 is 2.38 bits per heavy atom. The minimum Gasteiger partial charge on any atom is -0.494 e. The van der Waals surface area contributed by atoms with Crippen molar-refractivity contribution < 1.29 is 14.3 Å². The van der Waals surface area contributed by atoms with Crippen LogP contribution in [0.1, 0.15) is 25.8 Å². The average Bonchev–Trinajstić information content (AvgIpc) is 3.14. The Kier molecular flexibility index (Phi) is 7.50. The number of hydrogen-bond donors (Lipinski definition) is 0. The minimum atomic E-state index is -0.106. The van der Waals surface area contributed by atoms with Crippen LogP contribution in [0, 0.1) is 0 Å². The van der Waals surface area contributed by atoms with Crippen LogP contribution in [0.3, 0.4) is 0 Å². The van der Waals surface area contributed by atoms with Gasteiger partial charge < -0.3 is 14.4 Å². The second-order valence-corrected chi connectivity index (χ2v) is 8.59. The average molecular weight is 452 g/mol. The largest absolute Gasteiger partial charge is 0.494 e. The van der Waals surface area contributed by atoms with Gasteiger partial charge in [0.05, 0.1) is 25.5 Å². The predicted octanol–water partition coefficient (Wildman–Crippen LogP) is 4.81. The lowest BCUT2D eigenvalue weighted by atomic mass is 10.1. The number of rotatable bonds is 7. The normalized spacial score (nSPS) is 17.8. The molecule has 0 aliphatic carbocycles. The van der Waals surface area contributed by atoms with Crippen LogP contribution in [0.15, 0.2) is 59.2 Å². The van der Waals surface area contributed by atoms with Crippen LogP contribution < -0.4 is 14.5 Å². The molecule has 0 atom stereocenters. The number of aliphatic imine (C=N–C) groups is 1. The van der Waals surface area contributed by atoms with E-state index in [1.807, 2.05) is 49.4 Å². The minimum absolute atomic E-state index is 0.106. The number of thioether (sulfide) groups is 1. The Hall–Kier alpha value is -2.77. The second-order valence-electron chi connectivity index (χ2n) is 7.53. The van der Waals surface area contributed by atoms with Gasteiger partial charge >= 0.3 is 0 Å². The van der Waals surface area contributed by atoms with E-state index in [0.717, 1.165) is 60.6 Å². The molecule has 1 amide bonds. The van der Waals surface area contributed by atoms with Crippen molar-refractivity contribution in [3.63, 3.8) is 0 Å². The maximum atomic E-state index is 13.3. The monoisotopic (exact) mass is 451 g/mol. The summed E-state index contributed by atoms with van der Waals surface area (Å²) in [4.78, 5) is 22.0. The van der Waals surface area contributed by atoms with E-state index in [2.05, 4.69) is 28.9 Å². The SMILES string of the molecule is CCCSC1=N/C(=C/c2ccc(N3CCOCC3)cc2)C(=O)N1c1ccc(OCC)cc1. The first-order valence-electron chi connectivity index (χ1n) is 11.1. The number of amidine groups is 1. The zero-order chi connectivity index (χ0) is 22.3. The molecule has 2 aliphatic rings. The summed E-state index contributed by atoms with van der Waals surface area (Å²) >= 11 is 1.61. The highest BCUT2D eigenvalue weighted by Gasteiger charge is 2.31. The van der Waals surface area contributed by atoms with Gasteiger partial charge in [-0.1, -0.05) is 30.8 Å². The molecule has 0 unspecified atom stereocenters. The summed E-state index contributed by atoms with van der Waals surface area (Å²) in [6.07, 6.45) is 2.88. The van der Waals surface area contributed by atoms with Gasteiger partial charge in [-0.05, 0) is 61.4 Å². The molecule has 1 fully saturated rings. The zero-order valence-electron chi connectivity index (χ0n) is 18.6. The lowest BCUT2D eigenvalue weighted by Crippen LogP contribution is -2.36. The number of amides is 1. The van der Waals surface area contributed by atoms with Crippen molar-refractivity contribution in [2.75, 3.05) is 48.5 Å². The standard InChI is InChI=1S/C25H29N3O3S/c1-3-17-32-25-26-23(24(29)28(25)21-9-11-22(12-10-21)31-4-2)18-19-5-7-20(8-6-19)27-13-15-30-16-14-27/h5-12,18H,3-4,13-17H2,1-2H3/b23-18+. The lowest BCUT2D eigenvalue weighted by Gasteiger charge is -2.28. The van der Waals surface area contributed by atoms with E-state index in [-0.39, 0.29) is 5.91 Å². The molecule has 168 valence electrons. The molecule has 0 radical (unpaired) electrons. The molecule has 32 heavy (non-hydrogen) atoms. The van der Waals surface area contributed by atoms with Gasteiger partial charge in [-0.2, -0.15) is 0 Å². The van der Waals surface area contributed by atoms with Crippen molar-refractivity contribution in [1.82, 2.24) is 0 Å². The van der Waals surface area contributed by atoms with Crippen molar-refractivity contribution in [2.45, 2.75) is 20.3 Å². The topological polar surface area (TPSA) is 54.4 Å². The molecule has 0 N–H and O–H groups in total. The number of hydrogen-bond acceptors (Lipinski definition) is 6. The van der Waals surface area contributed by atoms with Gasteiger partial charge in [0.25, 0.3) is 5.91 Å². The van der Waals surface area contributed by atoms with Crippen LogP contribution in [0.4, 0.5) is 11.4 Å². The molecule has 4 rings (SSSR count). The molecule has 0 bridgehead atoms. The summed E-state index contributed by atoms with van der Waals surface area (Å²) < 4.78 is 11.0. The summed E-state index contributed by atoms with van der Waals surface area (Å²) in [7, 11) is 0. The van der Waals surface area contributed by atoms with Crippen LogP contribution in [0.2, 0.25) is 0 Å². The lowest BCUT2D eigenvalue weighted by molar-refractivity contribution is -0.113. The highest BCUT2D eigenvalue weighted by atomic mass is 32.2. The van der Waals surface area contributed by atoms with Crippen molar-refractivity contribution in [3.8, 4) is 5.75 Å². The Bertz CT molecular complexity index is 980. The summed E-state index contributed by atoms with van der Waals surface area (Å²) in [5.74, 6) is 1.59. The third-order valence-corrected chi connectivity index (χ3v) is 6.39.